The molecule has 0 saturated carbocycles. The number of carboxylic acids is 1. The third-order valence-electron chi connectivity index (χ3n) is 2.70. The average molecular weight is 296 g/mol. The Morgan fingerprint density at radius 2 is 1.80 bits per heavy atom. The lowest BCUT2D eigenvalue weighted by Gasteiger charge is -2.10. The van der Waals surface area contributed by atoms with Crippen molar-refractivity contribution >= 4 is 21.2 Å². The minimum absolute atomic E-state index is 0.00327. The van der Waals surface area contributed by atoms with Crippen molar-refractivity contribution in [2.75, 3.05) is 20.8 Å². The zero-order valence-electron chi connectivity index (χ0n) is 11.5. The second kappa shape index (κ2) is 8.46. The molecule has 0 unspecified atom stereocenters. The van der Waals surface area contributed by atoms with E-state index in [1.807, 2.05) is 0 Å². The largest absolute Gasteiger partial charge is 0.478 e. The number of hydrogen-bond donors (Lipinski definition) is 2. The summed E-state index contributed by atoms with van der Waals surface area (Å²) in [5.74, 6) is -1.49. The van der Waals surface area contributed by atoms with Crippen LogP contribution in [0.25, 0.3) is 0 Å². The van der Waals surface area contributed by atoms with Crippen molar-refractivity contribution in [1.29, 1.82) is 0 Å². The van der Waals surface area contributed by atoms with Crippen molar-refractivity contribution in [3.05, 3.63) is 35.4 Å². The molecular formula is C13H18NO5Si. The number of amides is 1. The molecule has 0 heterocycles. The summed E-state index contributed by atoms with van der Waals surface area (Å²) in [6.45, 7) is 0.452. The molecule has 7 heteroatoms. The molecule has 1 radical (unpaired) electrons. The van der Waals surface area contributed by atoms with E-state index in [0.29, 0.717) is 6.54 Å². The van der Waals surface area contributed by atoms with Crippen LogP contribution in [0, 0.1) is 0 Å². The summed E-state index contributed by atoms with van der Waals surface area (Å²) in [6, 6.07) is 6.88. The highest BCUT2D eigenvalue weighted by molar-refractivity contribution is 6.44. The van der Waals surface area contributed by atoms with Crippen molar-refractivity contribution in [3.8, 4) is 0 Å². The highest BCUT2D eigenvalue weighted by atomic mass is 28.3. The fourth-order valence-electron chi connectivity index (χ4n) is 1.68. The van der Waals surface area contributed by atoms with Crippen molar-refractivity contribution in [2.24, 2.45) is 0 Å². The molecule has 0 aliphatic carbocycles. The first kappa shape index (κ1) is 16.4. The van der Waals surface area contributed by atoms with Crippen LogP contribution in [-0.4, -0.2) is 47.0 Å². The van der Waals surface area contributed by atoms with Gasteiger partial charge in [0.1, 0.15) is 0 Å². The molecule has 109 valence electrons. The quantitative estimate of drug-likeness (QED) is 0.558. The Balaban J connectivity index is 2.50. The molecule has 0 fully saturated rings. The number of carbonyl (C=O) groups excluding carboxylic acids is 1. The molecule has 1 amide bonds. The van der Waals surface area contributed by atoms with E-state index < -0.39 is 15.3 Å². The summed E-state index contributed by atoms with van der Waals surface area (Å²) in [6.07, 6.45) is 0.719. The molecule has 0 saturated heterocycles. The molecule has 2 N–H and O–H groups in total. The Morgan fingerprint density at radius 1 is 1.20 bits per heavy atom. The summed E-state index contributed by atoms with van der Waals surface area (Å²) < 4.78 is 10.3. The van der Waals surface area contributed by atoms with Crippen molar-refractivity contribution in [3.63, 3.8) is 0 Å². The monoisotopic (exact) mass is 296 g/mol. The van der Waals surface area contributed by atoms with Gasteiger partial charge in [-0.25, -0.2) is 4.79 Å². The standard InChI is InChI=1S/C13H18NO5Si/c1-18-20(19-2)9-5-8-14-12(15)10-6-3-4-7-11(10)13(16)17/h3-4,6-7H,5,8-9H2,1-2H3,(H,14,15)(H,16,17). The van der Waals surface area contributed by atoms with E-state index in [0.717, 1.165) is 12.5 Å². The maximum atomic E-state index is 11.9. The number of rotatable bonds is 8. The van der Waals surface area contributed by atoms with Crippen molar-refractivity contribution in [1.82, 2.24) is 5.32 Å². The molecule has 0 aromatic heterocycles. The first-order valence-corrected chi connectivity index (χ1v) is 7.66. The predicted molar refractivity (Wildman–Crippen MR) is 74.9 cm³/mol. The lowest BCUT2D eigenvalue weighted by Crippen LogP contribution is -2.28. The fraction of sp³-hybridized carbons (Fsp3) is 0.385. The maximum Gasteiger partial charge on any atom is 0.384 e. The van der Waals surface area contributed by atoms with Crippen LogP contribution in [-0.2, 0) is 8.85 Å². The lowest BCUT2D eigenvalue weighted by atomic mass is 10.1. The van der Waals surface area contributed by atoms with E-state index in [4.69, 9.17) is 14.0 Å². The Kier molecular flexibility index (Phi) is 6.92. The van der Waals surface area contributed by atoms with Crippen LogP contribution in [0.15, 0.2) is 24.3 Å². The third-order valence-corrected chi connectivity index (χ3v) is 4.37. The summed E-state index contributed by atoms with van der Waals surface area (Å²) >= 11 is 0. The van der Waals surface area contributed by atoms with Crippen molar-refractivity contribution in [2.45, 2.75) is 12.5 Å². The van der Waals surface area contributed by atoms with Gasteiger partial charge in [0.2, 0.25) is 0 Å². The first-order chi connectivity index (χ1) is 9.60. The second-order valence-corrected chi connectivity index (χ2v) is 6.05. The number of carbonyl (C=O) groups is 2. The van der Waals surface area contributed by atoms with Gasteiger partial charge >= 0.3 is 15.3 Å². The van der Waals surface area contributed by atoms with Crippen LogP contribution in [0.3, 0.4) is 0 Å². The number of aromatic carboxylic acids is 1. The smallest absolute Gasteiger partial charge is 0.384 e. The summed E-state index contributed by atoms with van der Waals surface area (Å²) in [5.41, 5.74) is 0.174. The summed E-state index contributed by atoms with van der Waals surface area (Å²) in [5, 5.41) is 11.7. The molecule has 0 aliphatic rings. The van der Waals surface area contributed by atoms with Crippen LogP contribution in [0.1, 0.15) is 27.1 Å². The number of carboxylic acid groups (broad SMARTS) is 1. The highest BCUT2D eigenvalue weighted by Gasteiger charge is 2.16. The van der Waals surface area contributed by atoms with Gasteiger partial charge in [0.25, 0.3) is 5.91 Å². The molecule has 0 spiro atoms. The Labute approximate surface area is 119 Å². The van der Waals surface area contributed by atoms with Gasteiger partial charge in [-0.15, -0.1) is 0 Å². The molecule has 1 aromatic rings. The molecule has 0 aliphatic heterocycles. The van der Waals surface area contributed by atoms with Gasteiger partial charge in [-0.2, -0.15) is 0 Å². The van der Waals surface area contributed by atoms with E-state index in [9.17, 15) is 9.59 Å². The van der Waals surface area contributed by atoms with Gasteiger partial charge in [-0.3, -0.25) is 4.79 Å². The molecule has 20 heavy (non-hydrogen) atoms. The SMILES string of the molecule is CO[Si](CCCNC(=O)c1ccccc1C(=O)O)OC. The minimum atomic E-state index is -1.25. The van der Waals surface area contributed by atoms with Gasteiger partial charge in [0.05, 0.1) is 11.1 Å². The van der Waals surface area contributed by atoms with Crippen LogP contribution in [0.2, 0.25) is 6.04 Å². The van der Waals surface area contributed by atoms with Crippen LogP contribution in [0.5, 0.6) is 0 Å². The van der Waals surface area contributed by atoms with Crippen LogP contribution >= 0.6 is 0 Å². The van der Waals surface area contributed by atoms with Gasteiger partial charge in [0.15, 0.2) is 0 Å². The molecule has 0 bridgehead atoms. The summed E-state index contributed by atoms with van der Waals surface area (Å²) in [7, 11) is 1.94. The lowest BCUT2D eigenvalue weighted by molar-refractivity contribution is 0.0691. The third kappa shape index (κ3) is 4.76. The topological polar surface area (TPSA) is 84.9 Å². The normalized spacial score (nSPS) is 10.6. The zero-order valence-corrected chi connectivity index (χ0v) is 12.5. The van der Waals surface area contributed by atoms with Crippen LogP contribution < -0.4 is 5.32 Å². The molecule has 6 nitrogen and oxygen atoms in total. The van der Waals surface area contributed by atoms with E-state index in [2.05, 4.69) is 5.32 Å². The molecule has 0 atom stereocenters. The Morgan fingerprint density at radius 3 is 2.35 bits per heavy atom. The number of nitrogens with one attached hydrogen (secondary N) is 1. The fourth-order valence-corrected chi connectivity index (χ4v) is 2.73. The predicted octanol–water partition coefficient (Wildman–Crippen LogP) is 1.29. The average Bonchev–Trinajstić information content (AvgIpc) is 2.47. The van der Waals surface area contributed by atoms with E-state index >= 15 is 0 Å². The van der Waals surface area contributed by atoms with Crippen molar-refractivity contribution < 1.29 is 23.5 Å². The molecule has 1 aromatic carbocycles. The van der Waals surface area contributed by atoms with E-state index in [-0.39, 0.29) is 17.0 Å². The number of hydrogen-bond acceptors (Lipinski definition) is 4. The zero-order chi connectivity index (χ0) is 15.0. The number of benzene rings is 1. The van der Waals surface area contributed by atoms with Crippen LogP contribution in [0.4, 0.5) is 0 Å². The van der Waals surface area contributed by atoms with E-state index in [1.54, 1.807) is 26.4 Å². The van der Waals surface area contributed by atoms with Gasteiger partial charge < -0.3 is 19.3 Å². The second-order valence-electron chi connectivity index (χ2n) is 3.99. The van der Waals surface area contributed by atoms with Gasteiger partial charge in [-0.05, 0) is 24.6 Å². The molecule has 1 rings (SSSR count). The highest BCUT2D eigenvalue weighted by Crippen LogP contribution is 2.08. The summed E-state index contributed by atoms with van der Waals surface area (Å²) in [4.78, 5) is 22.9. The van der Waals surface area contributed by atoms with E-state index in [1.165, 1.54) is 12.1 Å². The molecular weight excluding hydrogens is 278 g/mol. The Bertz CT molecular complexity index is 462. The van der Waals surface area contributed by atoms with Gasteiger partial charge in [-0.1, -0.05) is 12.1 Å². The first-order valence-electron chi connectivity index (χ1n) is 6.14. The minimum Gasteiger partial charge on any atom is -0.478 e. The Hall–Kier alpha value is -1.70. The maximum absolute atomic E-state index is 11.9. The van der Waals surface area contributed by atoms with Gasteiger partial charge in [0, 0.05) is 20.8 Å².